The molecule has 1 amide bonds. The zero-order valence-corrected chi connectivity index (χ0v) is 13.2. The molecule has 2 aromatic rings. The first-order valence-electron chi connectivity index (χ1n) is 8.22. The lowest BCUT2D eigenvalue weighted by atomic mass is 9.94. The van der Waals surface area contributed by atoms with Crippen molar-refractivity contribution in [3.05, 3.63) is 41.7 Å². The fourth-order valence-corrected chi connectivity index (χ4v) is 3.17. The Kier molecular flexibility index (Phi) is 4.90. The lowest BCUT2D eigenvalue weighted by Gasteiger charge is -2.25. The van der Waals surface area contributed by atoms with Gasteiger partial charge in [-0.3, -0.25) is 9.89 Å². The Balaban J connectivity index is 1.60. The molecule has 3 N–H and O–H groups in total. The summed E-state index contributed by atoms with van der Waals surface area (Å²) in [5, 5.41) is 6.54. The molecule has 1 aliphatic heterocycles. The van der Waals surface area contributed by atoms with Crippen LogP contribution < -0.4 is 5.73 Å². The SMILES string of the molecule is Nc1n[nH]c(CCC(=O)N2CCCCC(c3ccccc3)C2)n1. The molecule has 3 rings (SSSR count). The van der Waals surface area contributed by atoms with E-state index in [1.54, 1.807) is 0 Å². The zero-order chi connectivity index (χ0) is 16.1. The average molecular weight is 313 g/mol. The van der Waals surface area contributed by atoms with Crippen LogP contribution >= 0.6 is 0 Å². The van der Waals surface area contributed by atoms with Gasteiger partial charge in [-0.2, -0.15) is 4.98 Å². The van der Waals surface area contributed by atoms with Gasteiger partial charge in [0.25, 0.3) is 0 Å². The van der Waals surface area contributed by atoms with Gasteiger partial charge in [-0.1, -0.05) is 36.8 Å². The Morgan fingerprint density at radius 1 is 1.30 bits per heavy atom. The van der Waals surface area contributed by atoms with Crippen molar-refractivity contribution in [1.29, 1.82) is 0 Å². The number of H-pyrrole nitrogens is 1. The molecule has 0 bridgehead atoms. The summed E-state index contributed by atoms with van der Waals surface area (Å²) in [6.07, 6.45) is 4.38. The molecular weight excluding hydrogens is 290 g/mol. The van der Waals surface area contributed by atoms with Gasteiger partial charge in [0.2, 0.25) is 11.9 Å². The van der Waals surface area contributed by atoms with E-state index in [0.29, 0.717) is 24.6 Å². The van der Waals surface area contributed by atoms with Crippen LogP contribution in [-0.4, -0.2) is 39.1 Å². The molecule has 6 heteroatoms. The second-order valence-corrected chi connectivity index (χ2v) is 6.08. The molecular formula is C17H23N5O. The van der Waals surface area contributed by atoms with Crippen LogP contribution in [0.3, 0.4) is 0 Å². The quantitative estimate of drug-likeness (QED) is 0.905. The largest absolute Gasteiger partial charge is 0.367 e. The smallest absolute Gasteiger partial charge is 0.239 e. The number of aromatic amines is 1. The van der Waals surface area contributed by atoms with Gasteiger partial charge in [-0.05, 0) is 18.4 Å². The molecule has 0 saturated carbocycles. The summed E-state index contributed by atoms with van der Waals surface area (Å²) in [4.78, 5) is 18.6. The van der Waals surface area contributed by atoms with Gasteiger partial charge in [-0.15, -0.1) is 5.10 Å². The molecule has 0 aliphatic carbocycles. The van der Waals surface area contributed by atoms with Crippen molar-refractivity contribution in [2.24, 2.45) is 0 Å². The number of anilines is 1. The Bertz CT molecular complexity index is 639. The average Bonchev–Trinajstić information content (AvgIpc) is 2.85. The standard InChI is InChI=1S/C17H23N5O/c18-17-19-15(20-21-17)9-10-16(23)22-11-5-4-8-14(12-22)13-6-2-1-3-7-13/h1-3,6-7,14H,4-5,8-12H2,(H3,18,19,20,21). The maximum Gasteiger partial charge on any atom is 0.239 e. The van der Waals surface area contributed by atoms with Crippen LogP contribution in [0.5, 0.6) is 0 Å². The van der Waals surface area contributed by atoms with Gasteiger partial charge in [0.1, 0.15) is 5.82 Å². The Hall–Kier alpha value is -2.37. The second-order valence-electron chi connectivity index (χ2n) is 6.08. The third kappa shape index (κ3) is 4.09. The molecule has 1 aliphatic rings. The van der Waals surface area contributed by atoms with Gasteiger partial charge in [0, 0.05) is 31.8 Å². The number of hydrogen-bond donors (Lipinski definition) is 2. The number of benzene rings is 1. The van der Waals surface area contributed by atoms with Crippen molar-refractivity contribution in [2.45, 2.75) is 38.0 Å². The van der Waals surface area contributed by atoms with Gasteiger partial charge >= 0.3 is 0 Å². The van der Waals surface area contributed by atoms with Crippen molar-refractivity contribution in [2.75, 3.05) is 18.8 Å². The van der Waals surface area contributed by atoms with E-state index in [1.165, 1.54) is 12.0 Å². The first-order valence-corrected chi connectivity index (χ1v) is 8.22. The minimum Gasteiger partial charge on any atom is -0.367 e. The summed E-state index contributed by atoms with van der Waals surface area (Å²) >= 11 is 0. The summed E-state index contributed by atoms with van der Waals surface area (Å²) in [7, 11) is 0. The summed E-state index contributed by atoms with van der Waals surface area (Å²) < 4.78 is 0. The lowest BCUT2D eigenvalue weighted by molar-refractivity contribution is -0.131. The highest BCUT2D eigenvalue weighted by molar-refractivity contribution is 5.76. The number of aromatic nitrogens is 3. The number of nitrogens with one attached hydrogen (secondary N) is 1. The zero-order valence-electron chi connectivity index (χ0n) is 13.2. The van der Waals surface area contributed by atoms with E-state index in [0.717, 1.165) is 25.9 Å². The minimum atomic E-state index is 0.183. The third-order valence-corrected chi connectivity index (χ3v) is 4.42. The molecule has 6 nitrogen and oxygen atoms in total. The Morgan fingerprint density at radius 2 is 2.13 bits per heavy atom. The molecule has 0 radical (unpaired) electrons. The molecule has 1 aromatic carbocycles. The molecule has 23 heavy (non-hydrogen) atoms. The highest BCUT2D eigenvalue weighted by Crippen LogP contribution is 2.26. The van der Waals surface area contributed by atoms with Gasteiger partial charge in [0.15, 0.2) is 0 Å². The number of rotatable bonds is 4. The maximum absolute atomic E-state index is 12.5. The number of carbonyl (C=O) groups is 1. The van der Waals surface area contributed by atoms with Crippen LogP contribution in [0.1, 0.15) is 43.0 Å². The summed E-state index contributed by atoms with van der Waals surface area (Å²) in [5.74, 6) is 1.52. The van der Waals surface area contributed by atoms with Crippen molar-refractivity contribution in [3.8, 4) is 0 Å². The van der Waals surface area contributed by atoms with Crippen LogP contribution in [0.2, 0.25) is 0 Å². The number of nitrogens with zero attached hydrogens (tertiary/aromatic N) is 3. The molecule has 1 atom stereocenters. The van der Waals surface area contributed by atoms with Crippen molar-refractivity contribution < 1.29 is 4.79 Å². The van der Waals surface area contributed by atoms with E-state index in [-0.39, 0.29) is 11.9 Å². The number of nitrogen functional groups attached to an aromatic ring is 1. The van der Waals surface area contributed by atoms with Crippen LogP contribution in [0.4, 0.5) is 5.95 Å². The van der Waals surface area contributed by atoms with E-state index >= 15 is 0 Å². The predicted molar refractivity (Wildman–Crippen MR) is 88.7 cm³/mol. The fraction of sp³-hybridized carbons (Fsp3) is 0.471. The minimum absolute atomic E-state index is 0.183. The second kappa shape index (κ2) is 7.26. The first kappa shape index (κ1) is 15.5. The molecule has 1 aromatic heterocycles. The van der Waals surface area contributed by atoms with Crippen LogP contribution in [0.25, 0.3) is 0 Å². The molecule has 122 valence electrons. The van der Waals surface area contributed by atoms with Gasteiger partial charge in [0.05, 0.1) is 0 Å². The first-order chi connectivity index (χ1) is 11.2. The van der Waals surface area contributed by atoms with E-state index in [4.69, 9.17) is 5.73 Å². The number of hydrogen-bond acceptors (Lipinski definition) is 4. The number of carbonyl (C=O) groups excluding carboxylic acids is 1. The molecule has 1 saturated heterocycles. The molecule has 2 heterocycles. The number of nitrogens with two attached hydrogens (primary N) is 1. The lowest BCUT2D eigenvalue weighted by Crippen LogP contribution is -2.34. The van der Waals surface area contributed by atoms with E-state index in [1.807, 2.05) is 11.0 Å². The Labute approximate surface area is 136 Å². The van der Waals surface area contributed by atoms with Crippen LogP contribution in [0.15, 0.2) is 30.3 Å². The fourth-order valence-electron chi connectivity index (χ4n) is 3.17. The van der Waals surface area contributed by atoms with Crippen molar-refractivity contribution >= 4 is 11.9 Å². The van der Waals surface area contributed by atoms with Crippen LogP contribution in [0, 0.1) is 0 Å². The van der Waals surface area contributed by atoms with Gasteiger partial charge in [-0.25, -0.2) is 0 Å². The normalized spacial score (nSPS) is 18.6. The summed E-state index contributed by atoms with van der Waals surface area (Å²) in [5.41, 5.74) is 6.81. The molecule has 1 fully saturated rings. The third-order valence-electron chi connectivity index (χ3n) is 4.42. The topological polar surface area (TPSA) is 87.9 Å². The Morgan fingerprint density at radius 3 is 2.87 bits per heavy atom. The van der Waals surface area contributed by atoms with E-state index < -0.39 is 0 Å². The number of likely N-dealkylation sites (tertiary alicyclic amines) is 1. The van der Waals surface area contributed by atoms with Crippen molar-refractivity contribution in [1.82, 2.24) is 20.1 Å². The highest BCUT2D eigenvalue weighted by Gasteiger charge is 2.23. The van der Waals surface area contributed by atoms with E-state index in [2.05, 4.69) is 39.4 Å². The summed E-state index contributed by atoms with van der Waals surface area (Å²) in [6, 6.07) is 10.5. The summed E-state index contributed by atoms with van der Waals surface area (Å²) in [6.45, 7) is 1.65. The predicted octanol–water partition coefficient (Wildman–Crippen LogP) is 2.12. The molecule has 0 spiro atoms. The number of aryl methyl sites for hydroxylation is 1. The monoisotopic (exact) mass is 313 g/mol. The van der Waals surface area contributed by atoms with Crippen LogP contribution in [-0.2, 0) is 11.2 Å². The number of amides is 1. The maximum atomic E-state index is 12.5. The molecule has 1 unspecified atom stereocenters. The van der Waals surface area contributed by atoms with Crippen molar-refractivity contribution in [3.63, 3.8) is 0 Å². The van der Waals surface area contributed by atoms with E-state index in [9.17, 15) is 4.79 Å². The highest BCUT2D eigenvalue weighted by atomic mass is 16.2. The van der Waals surface area contributed by atoms with Gasteiger partial charge < -0.3 is 10.6 Å².